The minimum atomic E-state index is -4.01. The molecule has 2 atom stereocenters. The molecule has 2 N–H and O–H groups in total. The second kappa shape index (κ2) is 5.02. The number of sulfonamides is 1. The van der Waals surface area contributed by atoms with Crippen molar-refractivity contribution in [2.24, 2.45) is 11.1 Å². The van der Waals surface area contributed by atoms with Crippen molar-refractivity contribution in [3.05, 3.63) is 28.3 Å². The Balaban J connectivity index is 2.56. The van der Waals surface area contributed by atoms with Crippen molar-refractivity contribution in [1.82, 2.24) is 0 Å². The van der Waals surface area contributed by atoms with Crippen LogP contribution in [0.5, 0.6) is 0 Å². The number of nitro groups is 1. The molecule has 0 aliphatic carbocycles. The summed E-state index contributed by atoms with van der Waals surface area (Å²) in [5.74, 6) is 0.429. The van der Waals surface area contributed by atoms with Gasteiger partial charge in [0.2, 0.25) is 10.0 Å². The molecule has 0 radical (unpaired) electrons. The third kappa shape index (κ3) is 2.61. The Kier molecular flexibility index (Phi) is 3.70. The van der Waals surface area contributed by atoms with Crippen LogP contribution in [0, 0.1) is 16.0 Å². The van der Waals surface area contributed by atoms with Crippen molar-refractivity contribution in [3.63, 3.8) is 0 Å². The minimum absolute atomic E-state index is 0.164. The van der Waals surface area contributed by atoms with Gasteiger partial charge in [-0.25, -0.2) is 13.6 Å². The van der Waals surface area contributed by atoms with Gasteiger partial charge in [-0.1, -0.05) is 6.92 Å². The van der Waals surface area contributed by atoms with Crippen LogP contribution in [-0.4, -0.2) is 25.9 Å². The van der Waals surface area contributed by atoms with Gasteiger partial charge in [0, 0.05) is 24.7 Å². The fourth-order valence-corrected chi connectivity index (χ4v) is 3.28. The monoisotopic (exact) mass is 299 g/mol. The number of nitro benzene ring substituents is 1. The van der Waals surface area contributed by atoms with Crippen molar-refractivity contribution in [2.45, 2.75) is 31.2 Å². The number of benzene rings is 1. The predicted octanol–water partition coefficient (Wildman–Crippen LogP) is 1.48. The lowest BCUT2D eigenvalue weighted by Crippen LogP contribution is -2.31. The Morgan fingerprint density at radius 3 is 2.50 bits per heavy atom. The van der Waals surface area contributed by atoms with E-state index in [-0.39, 0.29) is 16.6 Å². The summed E-state index contributed by atoms with van der Waals surface area (Å²) < 4.78 is 23.4. The Hall–Kier alpha value is -1.67. The van der Waals surface area contributed by atoms with E-state index >= 15 is 0 Å². The lowest BCUT2D eigenvalue weighted by atomic mass is 10.1. The summed E-state index contributed by atoms with van der Waals surface area (Å²) in [6.07, 6.45) is 0.947. The fourth-order valence-electron chi connectivity index (χ4n) is 2.52. The largest absolute Gasteiger partial charge is 0.367 e. The molecule has 7 nitrogen and oxygen atoms in total. The molecule has 1 fully saturated rings. The van der Waals surface area contributed by atoms with Crippen molar-refractivity contribution in [3.8, 4) is 0 Å². The van der Waals surface area contributed by atoms with Gasteiger partial charge in [0.25, 0.3) is 5.69 Å². The molecule has 0 saturated carbocycles. The number of non-ortho nitro benzene ring substituents is 1. The SMILES string of the molecule is CC1CCN(c2ccc([N+](=O)[O-])cc2S(N)(=O)=O)C1C. The lowest BCUT2D eigenvalue weighted by molar-refractivity contribution is -0.385. The predicted molar refractivity (Wildman–Crippen MR) is 75.1 cm³/mol. The Labute approximate surface area is 117 Å². The number of nitrogens with zero attached hydrogens (tertiary/aromatic N) is 2. The van der Waals surface area contributed by atoms with Gasteiger partial charge in [0.1, 0.15) is 4.90 Å². The van der Waals surface area contributed by atoms with E-state index < -0.39 is 14.9 Å². The topological polar surface area (TPSA) is 107 Å². The summed E-state index contributed by atoms with van der Waals surface area (Å²) in [4.78, 5) is 11.9. The molecule has 20 heavy (non-hydrogen) atoms. The number of nitrogens with two attached hydrogens (primary N) is 1. The van der Waals surface area contributed by atoms with Crippen LogP contribution in [0.2, 0.25) is 0 Å². The van der Waals surface area contributed by atoms with Crippen LogP contribution in [0.4, 0.5) is 11.4 Å². The first-order chi connectivity index (χ1) is 9.21. The molecule has 0 aromatic heterocycles. The second-order valence-corrected chi connectivity index (χ2v) is 6.68. The maximum atomic E-state index is 11.7. The molecular formula is C12H17N3O4S. The summed E-state index contributed by atoms with van der Waals surface area (Å²) in [6.45, 7) is 4.81. The molecule has 0 spiro atoms. The van der Waals surface area contributed by atoms with E-state index in [1.165, 1.54) is 12.1 Å². The first-order valence-electron chi connectivity index (χ1n) is 6.29. The van der Waals surface area contributed by atoms with Crippen LogP contribution in [0.15, 0.2) is 23.1 Å². The van der Waals surface area contributed by atoms with Crippen LogP contribution in [0.1, 0.15) is 20.3 Å². The molecule has 1 saturated heterocycles. The average molecular weight is 299 g/mol. The molecule has 1 aliphatic rings. The molecule has 110 valence electrons. The summed E-state index contributed by atoms with van der Waals surface area (Å²) in [5.41, 5.74) is 0.160. The van der Waals surface area contributed by atoms with Crippen molar-refractivity contribution >= 4 is 21.4 Å². The van der Waals surface area contributed by atoms with E-state index in [2.05, 4.69) is 6.92 Å². The average Bonchev–Trinajstić information content (AvgIpc) is 2.68. The van der Waals surface area contributed by atoms with Gasteiger partial charge in [-0.2, -0.15) is 0 Å². The Morgan fingerprint density at radius 1 is 1.40 bits per heavy atom. The summed E-state index contributed by atoms with van der Waals surface area (Å²) in [5, 5.41) is 16.0. The summed E-state index contributed by atoms with van der Waals surface area (Å²) >= 11 is 0. The molecular weight excluding hydrogens is 282 g/mol. The van der Waals surface area contributed by atoms with E-state index in [9.17, 15) is 18.5 Å². The zero-order valence-electron chi connectivity index (χ0n) is 11.3. The first kappa shape index (κ1) is 14.7. The van der Waals surface area contributed by atoms with Gasteiger partial charge >= 0.3 is 0 Å². The highest BCUT2D eigenvalue weighted by Crippen LogP contribution is 2.35. The molecule has 1 aliphatic heterocycles. The van der Waals surface area contributed by atoms with Gasteiger partial charge in [0.15, 0.2) is 0 Å². The van der Waals surface area contributed by atoms with Crippen molar-refractivity contribution in [2.75, 3.05) is 11.4 Å². The van der Waals surface area contributed by atoms with Crippen LogP contribution < -0.4 is 10.0 Å². The minimum Gasteiger partial charge on any atom is -0.367 e. The quantitative estimate of drug-likeness (QED) is 0.672. The number of rotatable bonds is 3. The van der Waals surface area contributed by atoms with Crippen LogP contribution in [-0.2, 0) is 10.0 Å². The maximum absolute atomic E-state index is 11.7. The number of hydrogen-bond acceptors (Lipinski definition) is 5. The molecule has 2 rings (SSSR count). The summed E-state index contributed by atoms with van der Waals surface area (Å²) in [6, 6.07) is 3.96. The van der Waals surface area contributed by atoms with Gasteiger partial charge in [-0.05, 0) is 25.3 Å². The highest BCUT2D eigenvalue weighted by atomic mass is 32.2. The highest BCUT2D eigenvalue weighted by Gasteiger charge is 2.31. The van der Waals surface area contributed by atoms with E-state index in [1.807, 2.05) is 11.8 Å². The van der Waals surface area contributed by atoms with Gasteiger partial charge in [-0.3, -0.25) is 10.1 Å². The van der Waals surface area contributed by atoms with Crippen molar-refractivity contribution < 1.29 is 13.3 Å². The van der Waals surface area contributed by atoms with E-state index in [0.29, 0.717) is 18.2 Å². The van der Waals surface area contributed by atoms with E-state index in [1.54, 1.807) is 0 Å². The lowest BCUT2D eigenvalue weighted by Gasteiger charge is -2.27. The van der Waals surface area contributed by atoms with E-state index in [0.717, 1.165) is 12.5 Å². The van der Waals surface area contributed by atoms with Crippen LogP contribution >= 0.6 is 0 Å². The summed E-state index contributed by atoms with van der Waals surface area (Å²) in [7, 11) is -4.01. The smallest absolute Gasteiger partial charge is 0.270 e. The Bertz CT molecular complexity index is 644. The molecule has 1 heterocycles. The molecule has 1 aromatic rings. The zero-order chi connectivity index (χ0) is 15.1. The molecule has 0 bridgehead atoms. The molecule has 2 unspecified atom stereocenters. The number of hydrogen-bond donors (Lipinski definition) is 1. The number of anilines is 1. The third-order valence-corrected chi connectivity index (χ3v) is 4.85. The first-order valence-corrected chi connectivity index (χ1v) is 7.84. The van der Waals surface area contributed by atoms with Gasteiger partial charge in [0.05, 0.1) is 10.6 Å². The number of primary sulfonamides is 1. The molecule has 0 amide bonds. The van der Waals surface area contributed by atoms with Crippen LogP contribution in [0.3, 0.4) is 0 Å². The second-order valence-electron chi connectivity index (χ2n) is 5.15. The molecule has 1 aromatic carbocycles. The Morgan fingerprint density at radius 2 is 2.05 bits per heavy atom. The highest BCUT2D eigenvalue weighted by molar-refractivity contribution is 7.89. The van der Waals surface area contributed by atoms with E-state index in [4.69, 9.17) is 5.14 Å². The molecule has 8 heteroatoms. The third-order valence-electron chi connectivity index (χ3n) is 3.91. The standard InChI is InChI=1S/C12H17N3O4S/c1-8-5-6-14(9(8)2)11-4-3-10(15(16)17)7-12(11)20(13,18)19/h3-4,7-9H,5-6H2,1-2H3,(H2,13,18,19). The van der Waals surface area contributed by atoms with Crippen molar-refractivity contribution in [1.29, 1.82) is 0 Å². The van der Waals surface area contributed by atoms with Crippen LogP contribution in [0.25, 0.3) is 0 Å². The van der Waals surface area contributed by atoms with Gasteiger partial charge < -0.3 is 4.90 Å². The maximum Gasteiger partial charge on any atom is 0.270 e. The van der Waals surface area contributed by atoms with Gasteiger partial charge in [-0.15, -0.1) is 0 Å². The normalized spacial score (nSPS) is 23.1. The fraction of sp³-hybridized carbons (Fsp3) is 0.500. The zero-order valence-corrected chi connectivity index (χ0v) is 12.1.